The zero-order valence-corrected chi connectivity index (χ0v) is 11.1. The van der Waals surface area contributed by atoms with E-state index in [1.165, 1.54) is 21.1 Å². The van der Waals surface area contributed by atoms with Gasteiger partial charge < -0.3 is 9.80 Å². The lowest BCUT2D eigenvalue weighted by atomic mass is 10.2. The highest BCUT2D eigenvalue weighted by molar-refractivity contribution is 7.14. The molecular weight excluding hydrogens is 252 g/mol. The zero-order chi connectivity index (χ0) is 13.3. The lowest BCUT2D eigenvalue weighted by molar-refractivity contribution is -0.154. The fourth-order valence-corrected chi connectivity index (χ4v) is 2.56. The number of piperazine rings is 1. The van der Waals surface area contributed by atoms with Crippen LogP contribution in [0, 0.1) is 6.92 Å². The molecule has 1 saturated heterocycles. The average molecular weight is 266 g/mol. The number of carbonyl (C=O) groups is 3. The average Bonchev–Trinajstić information content (AvgIpc) is 2.77. The second kappa shape index (κ2) is 4.89. The van der Waals surface area contributed by atoms with Crippen LogP contribution >= 0.6 is 11.3 Å². The van der Waals surface area contributed by atoms with Crippen LogP contribution in [0.15, 0.2) is 12.1 Å². The van der Waals surface area contributed by atoms with E-state index in [-0.39, 0.29) is 12.3 Å². The maximum atomic E-state index is 12.0. The van der Waals surface area contributed by atoms with Crippen LogP contribution in [0.4, 0.5) is 0 Å². The van der Waals surface area contributed by atoms with Crippen molar-refractivity contribution in [3.8, 4) is 0 Å². The molecule has 6 heteroatoms. The Labute approximate surface area is 109 Å². The van der Waals surface area contributed by atoms with Gasteiger partial charge in [0.05, 0.1) is 11.4 Å². The number of amides is 2. The number of hydrogen-bond donors (Lipinski definition) is 0. The monoisotopic (exact) mass is 266 g/mol. The number of carbonyl (C=O) groups excluding carboxylic acids is 3. The minimum Gasteiger partial charge on any atom is -0.336 e. The number of Topliss-reactive ketones (excluding diaryl/α,β-unsaturated/α-hetero) is 1. The van der Waals surface area contributed by atoms with Gasteiger partial charge in [0.15, 0.2) is 5.78 Å². The predicted octanol–water partition coefficient (Wildman–Crippen LogP) is 0.540. The molecule has 2 amide bonds. The fraction of sp³-hybridized carbons (Fsp3) is 0.417. The molecule has 0 saturated carbocycles. The van der Waals surface area contributed by atoms with Crippen LogP contribution in [0.3, 0.4) is 0 Å². The molecule has 1 aromatic heterocycles. The molecule has 2 heterocycles. The van der Waals surface area contributed by atoms with E-state index in [9.17, 15) is 14.4 Å². The van der Waals surface area contributed by atoms with E-state index in [1.807, 2.05) is 13.0 Å². The molecule has 1 aliphatic heterocycles. The number of hydrogen-bond acceptors (Lipinski definition) is 4. The highest BCUT2D eigenvalue weighted by Crippen LogP contribution is 2.16. The lowest BCUT2D eigenvalue weighted by Crippen LogP contribution is -2.53. The Hall–Kier alpha value is -1.69. The van der Waals surface area contributed by atoms with Crippen LogP contribution in [0.1, 0.15) is 14.5 Å². The van der Waals surface area contributed by atoms with E-state index in [4.69, 9.17) is 0 Å². The summed E-state index contributed by atoms with van der Waals surface area (Å²) in [5.41, 5.74) is 0. The number of rotatable bonds is 3. The van der Waals surface area contributed by atoms with E-state index >= 15 is 0 Å². The molecule has 0 aliphatic carbocycles. The third-order valence-electron chi connectivity index (χ3n) is 2.87. The number of ketones is 1. The fourth-order valence-electron chi connectivity index (χ4n) is 1.76. The van der Waals surface area contributed by atoms with Gasteiger partial charge in [0.2, 0.25) is 0 Å². The van der Waals surface area contributed by atoms with Crippen molar-refractivity contribution < 1.29 is 14.4 Å². The number of likely N-dealkylation sites (N-methyl/N-ethyl adjacent to an activating group) is 1. The van der Waals surface area contributed by atoms with Gasteiger partial charge in [-0.25, -0.2) is 0 Å². The molecule has 0 bridgehead atoms. The third kappa shape index (κ3) is 2.43. The predicted molar refractivity (Wildman–Crippen MR) is 67.6 cm³/mol. The normalized spacial score (nSPS) is 16.3. The van der Waals surface area contributed by atoms with Crippen molar-refractivity contribution in [1.82, 2.24) is 9.80 Å². The van der Waals surface area contributed by atoms with Gasteiger partial charge in [0.1, 0.15) is 0 Å². The molecule has 1 fully saturated rings. The van der Waals surface area contributed by atoms with Crippen molar-refractivity contribution in [2.75, 3.05) is 26.7 Å². The van der Waals surface area contributed by atoms with Gasteiger partial charge >= 0.3 is 11.8 Å². The van der Waals surface area contributed by atoms with Crippen molar-refractivity contribution in [1.29, 1.82) is 0 Å². The lowest BCUT2D eigenvalue weighted by Gasteiger charge is -2.30. The van der Waals surface area contributed by atoms with Crippen molar-refractivity contribution in [2.45, 2.75) is 6.92 Å². The Kier molecular flexibility index (Phi) is 3.47. The van der Waals surface area contributed by atoms with Gasteiger partial charge in [0, 0.05) is 25.0 Å². The third-order valence-corrected chi connectivity index (χ3v) is 3.91. The first-order chi connectivity index (χ1) is 8.49. The minimum atomic E-state index is -0.592. The van der Waals surface area contributed by atoms with Gasteiger partial charge in [-0.05, 0) is 19.1 Å². The molecule has 96 valence electrons. The molecular formula is C12H14N2O3S. The van der Waals surface area contributed by atoms with Gasteiger partial charge in [-0.15, -0.1) is 11.3 Å². The van der Waals surface area contributed by atoms with Crippen LogP contribution in [0.5, 0.6) is 0 Å². The topological polar surface area (TPSA) is 57.7 Å². The molecule has 1 aromatic rings. The van der Waals surface area contributed by atoms with Gasteiger partial charge in [-0.3, -0.25) is 14.4 Å². The standard InChI is InChI=1S/C12H14N2O3S/c1-8-3-4-10(18-8)9(15)7-14-6-5-13(2)11(16)12(14)17/h3-4H,5-7H2,1-2H3. The summed E-state index contributed by atoms with van der Waals surface area (Å²) in [6.45, 7) is 2.79. The van der Waals surface area contributed by atoms with Crippen molar-refractivity contribution in [2.24, 2.45) is 0 Å². The van der Waals surface area contributed by atoms with Crippen LogP contribution in [0.25, 0.3) is 0 Å². The molecule has 0 radical (unpaired) electrons. The number of nitrogens with zero attached hydrogens (tertiary/aromatic N) is 2. The van der Waals surface area contributed by atoms with Gasteiger partial charge in [0.25, 0.3) is 0 Å². The summed E-state index contributed by atoms with van der Waals surface area (Å²) in [4.78, 5) is 39.5. The van der Waals surface area contributed by atoms with Crippen LogP contribution in [-0.4, -0.2) is 54.1 Å². The Morgan fingerprint density at radius 3 is 2.61 bits per heavy atom. The summed E-state index contributed by atoms with van der Waals surface area (Å²) in [5.74, 6) is -1.25. The molecule has 1 aliphatic rings. The number of aryl methyl sites for hydroxylation is 1. The Morgan fingerprint density at radius 1 is 1.28 bits per heavy atom. The van der Waals surface area contributed by atoms with Gasteiger partial charge in [-0.2, -0.15) is 0 Å². The Morgan fingerprint density at radius 2 is 2.00 bits per heavy atom. The summed E-state index contributed by atoms with van der Waals surface area (Å²) in [6, 6.07) is 3.62. The van der Waals surface area contributed by atoms with Crippen molar-refractivity contribution >= 4 is 28.9 Å². The summed E-state index contributed by atoms with van der Waals surface area (Å²) >= 11 is 1.40. The maximum Gasteiger partial charge on any atom is 0.312 e. The van der Waals surface area contributed by atoms with Crippen LogP contribution in [-0.2, 0) is 9.59 Å². The summed E-state index contributed by atoms with van der Waals surface area (Å²) in [6.07, 6.45) is 0. The largest absolute Gasteiger partial charge is 0.336 e. The number of thiophene rings is 1. The van der Waals surface area contributed by atoms with Crippen molar-refractivity contribution in [3.05, 3.63) is 21.9 Å². The Balaban J connectivity index is 2.04. The molecule has 0 unspecified atom stereocenters. The molecule has 5 nitrogen and oxygen atoms in total. The second-order valence-corrected chi connectivity index (χ2v) is 5.57. The first-order valence-electron chi connectivity index (χ1n) is 5.63. The summed E-state index contributed by atoms with van der Waals surface area (Å²) in [5, 5.41) is 0. The molecule has 2 rings (SSSR count). The highest BCUT2D eigenvalue weighted by atomic mass is 32.1. The molecule has 0 aromatic carbocycles. The molecule has 0 spiro atoms. The summed E-state index contributed by atoms with van der Waals surface area (Å²) in [7, 11) is 1.59. The quantitative estimate of drug-likeness (QED) is 0.592. The van der Waals surface area contributed by atoms with Crippen LogP contribution < -0.4 is 0 Å². The first kappa shape index (κ1) is 12.8. The first-order valence-corrected chi connectivity index (χ1v) is 6.44. The zero-order valence-electron chi connectivity index (χ0n) is 10.3. The van der Waals surface area contributed by atoms with E-state index in [2.05, 4.69) is 0 Å². The van der Waals surface area contributed by atoms with Gasteiger partial charge in [-0.1, -0.05) is 0 Å². The van der Waals surface area contributed by atoms with Crippen LogP contribution in [0.2, 0.25) is 0 Å². The molecule has 0 N–H and O–H groups in total. The second-order valence-electron chi connectivity index (χ2n) is 4.29. The Bertz CT molecular complexity index is 509. The smallest absolute Gasteiger partial charge is 0.312 e. The summed E-state index contributed by atoms with van der Waals surface area (Å²) < 4.78 is 0. The molecule has 18 heavy (non-hydrogen) atoms. The van der Waals surface area contributed by atoms with E-state index in [0.717, 1.165) is 4.88 Å². The molecule has 0 atom stereocenters. The maximum absolute atomic E-state index is 12.0. The van der Waals surface area contributed by atoms with E-state index in [0.29, 0.717) is 18.0 Å². The van der Waals surface area contributed by atoms with E-state index in [1.54, 1.807) is 13.1 Å². The highest BCUT2D eigenvalue weighted by Gasteiger charge is 2.31. The van der Waals surface area contributed by atoms with Crippen molar-refractivity contribution in [3.63, 3.8) is 0 Å². The van der Waals surface area contributed by atoms with E-state index < -0.39 is 11.8 Å². The minimum absolute atomic E-state index is 0.0155. The SMILES string of the molecule is Cc1ccc(C(=O)CN2CCN(C)C(=O)C2=O)s1.